The molecule has 2 aromatic carbocycles. The quantitative estimate of drug-likeness (QED) is 0.349. The zero-order valence-corrected chi connectivity index (χ0v) is 18.0. The Hall–Kier alpha value is -4.07. The molecule has 4 aromatic rings. The van der Waals surface area contributed by atoms with Crippen LogP contribution in [0.5, 0.6) is 0 Å². The number of carbonyl (C=O) groups is 1. The monoisotopic (exact) mass is 446 g/mol. The number of nitrogens with one attached hydrogen (secondary N) is 1. The molecule has 2 N–H and O–H groups in total. The van der Waals surface area contributed by atoms with Gasteiger partial charge in [-0.15, -0.1) is 0 Å². The maximum atomic E-state index is 13.2. The van der Waals surface area contributed by atoms with Crippen LogP contribution in [0.15, 0.2) is 71.7 Å². The molecule has 4 rings (SSSR count). The summed E-state index contributed by atoms with van der Waals surface area (Å²) < 4.78 is 19.2. The Kier molecular flexibility index (Phi) is 6.73. The predicted octanol–water partition coefficient (Wildman–Crippen LogP) is 5.52. The topological polar surface area (TPSA) is 101 Å². The Morgan fingerprint density at radius 3 is 2.21 bits per heavy atom. The summed E-state index contributed by atoms with van der Waals surface area (Å²) in [6.07, 6.45) is 6.01. The fraction of sp³-hybridized carbons (Fsp3) is 0.200. The molecule has 0 aliphatic heterocycles. The molecule has 0 spiro atoms. The van der Waals surface area contributed by atoms with Crippen molar-refractivity contribution >= 4 is 12.0 Å². The van der Waals surface area contributed by atoms with Crippen LogP contribution in [0.2, 0.25) is 0 Å². The van der Waals surface area contributed by atoms with Crippen molar-refractivity contribution < 1.29 is 18.7 Å². The first kappa shape index (κ1) is 22.1. The van der Waals surface area contributed by atoms with Crippen LogP contribution in [0.4, 0.5) is 10.4 Å². The van der Waals surface area contributed by atoms with E-state index in [0.29, 0.717) is 23.4 Å². The molecule has 0 bridgehead atoms. The maximum absolute atomic E-state index is 13.2. The van der Waals surface area contributed by atoms with Gasteiger partial charge in [0.25, 0.3) is 6.01 Å². The SMILES string of the molecule is CCCC(CNc1nc(-c2ccc(-c3ccc(F)cc3)cc2)c(-c2cncnc2)o1)C(=O)O. The van der Waals surface area contributed by atoms with Crippen molar-refractivity contribution in [2.45, 2.75) is 19.8 Å². The fourth-order valence-electron chi connectivity index (χ4n) is 3.54. The molecule has 8 heteroatoms. The van der Waals surface area contributed by atoms with Crippen molar-refractivity contribution in [1.29, 1.82) is 0 Å². The number of oxazole rings is 1. The number of aromatic nitrogens is 3. The number of halogens is 1. The molecule has 2 heterocycles. The lowest BCUT2D eigenvalue weighted by Crippen LogP contribution is -2.22. The Bertz CT molecular complexity index is 1210. The Morgan fingerprint density at radius 2 is 1.61 bits per heavy atom. The lowest BCUT2D eigenvalue weighted by molar-refractivity contribution is -0.141. The largest absolute Gasteiger partial charge is 0.481 e. The van der Waals surface area contributed by atoms with E-state index in [1.165, 1.54) is 18.5 Å². The van der Waals surface area contributed by atoms with Crippen LogP contribution >= 0.6 is 0 Å². The average molecular weight is 446 g/mol. The van der Waals surface area contributed by atoms with Crippen molar-refractivity contribution in [3.8, 4) is 33.7 Å². The van der Waals surface area contributed by atoms with Crippen LogP contribution in [-0.2, 0) is 4.79 Å². The summed E-state index contributed by atoms with van der Waals surface area (Å²) >= 11 is 0. The summed E-state index contributed by atoms with van der Waals surface area (Å²) in [6, 6.07) is 14.2. The van der Waals surface area contributed by atoms with Crippen LogP contribution in [0.25, 0.3) is 33.7 Å². The molecule has 2 aromatic heterocycles. The van der Waals surface area contributed by atoms with Crippen molar-refractivity contribution in [2.24, 2.45) is 5.92 Å². The molecule has 0 saturated carbocycles. The minimum absolute atomic E-state index is 0.206. The van der Waals surface area contributed by atoms with Crippen molar-refractivity contribution in [2.75, 3.05) is 11.9 Å². The van der Waals surface area contributed by atoms with E-state index in [1.807, 2.05) is 31.2 Å². The molecule has 1 unspecified atom stereocenters. The molecule has 0 aliphatic rings. The molecule has 0 amide bonds. The average Bonchev–Trinajstić information content (AvgIpc) is 3.27. The summed E-state index contributed by atoms with van der Waals surface area (Å²) in [5.41, 5.74) is 3.88. The number of benzene rings is 2. The first-order chi connectivity index (χ1) is 16.0. The number of carboxylic acids is 1. The Balaban J connectivity index is 1.65. The molecule has 0 saturated heterocycles. The van der Waals surface area contributed by atoms with Gasteiger partial charge in [0.05, 0.1) is 11.5 Å². The molecule has 0 aliphatic carbocycles. The van der Waals surface area contributed by atoms with Crippen LogP contribution in [-0.4, -0.2) is 32.6 Å². The minimum atomic E-state index is -0.857. The molecule has 0 fully saturated rings. The Labute approximate surface area is 190 Å². The summed E-state index contributed by atoms with van der Waals surface area (Å²) in [7, 11) is 0. The van der Waals surface area contributed by atoms with E-state index in [1.54, 1.807) is 24.5 Å². The van der Waals surface area contributed by atoms with Gasteiger partial charge in [-0.3, -0.25) is 4.79 Å². The van der Waals surface area contributed by atoms with Crippen LogP contribution in [0.3, 0.4) is 0 Å². The molecule has 0 radical (unpaired) electrons. The van der Waals surface area contributed by atoms with Gasteiger partial charge in [-0.25, -0.2) is 14.4 Å². The van der Waals surface area contributed by atoms with E-state index in [2.05, 4.69) is 20.3 Å². The van der Waals surface area contributed by atoms with Gasteiger partial charge in [-0.2, -0.15) is 4.98 Å². The fourth-order valence-corrected chi connectivity index (χ4v) is 3.54. The molecule has 7 nitrogen and oxygen atoms in total. The van der Waals surface area contributed by atoms with Crippen molar-refractivity contribution in [3.63, 3.8) is 0 Å². The third-order valence-electron chi connectivity index (χ3n) is 5.27. The van der Waals surface area contributed by atoms with Crippen LogP contribution in [0, 0.1) is 11.7 Å². The zero-order valence-electron chi connectivity index (χ0n) is 18.0. The number of rotatable bonds is 9. The second kappa shape index (κ2) is 10.0. The number of anilines is 1. The minimum Gasteiger partial charge on any atom is -0.481 e. The third-order valence-corrected chi connectivity index (χ3v) is 5.27. The van der Waals surface area contributed by atoms with Crippen LogP contribution in [0.1, 0.15) is 19.8 Å². The third kappa shape index (κ3) is 5.23. The summed E-state index contributed by atoms with van der Waals surface area (Å²) in [5.74, 6) is -1.19. The standard InChI is InChI=1S/C25H23FN4O3/c1-2-3-19(24(31)32)14-29-25-30-22(23(33-25)20-12-27-15-28-13-20)18-6-4-16(5-7-18)17-8-10-21(26)11-9-17/h4-13,15,19H,2-3,14H2,1H3,(H,29,30)(H,31,32). The van der Waals surface area contributed by atoms with E-state index >= 15 is 0 Å². The van der Waals surface area contributed by atoms with Crippen molar-refractivity contribution in [3.05, 3.63) is 73.1 Å². The molecular formula is C25H23FN4O3. The van der Waals surface area contributed by atoms with Gasteiger partial charge < -0.3 is 14.8 Å². The highest BCUT2D eigenvalue weighted by Gasteiger charge is 2.20. The zero-order chi connectivity index (χ0) is 23.2. The summed E-state index contributed by atoms with van der Waals surface area (Å²) in [4.78, 5) is 24.2. The van der Waals surface area contributed by atoms with Gasteiger partial charge in [-0.1, -0.05) is 49.7 Å². The highest BCUT2D eigenvalue weighted by atomic mass is 19.1. The molecule has 168 valence electrons. The maximum Gasteiger partial charge on any atom is 0.308 e. The summed E-state index contributed by atoms with van der Waals surface area (Å²) in [6.45, 7) is 2.15. The van der Waals surface area contributed by atoms with Gasteiger partial charge in [0.1, 0.15) is 17.8 Å². The molecule has 33 heavy (non-hydrogen) atoms. The summed E-state index contributed by atoms with van der Waals surface area (Å²) in [5, 5.41) is 12.4. The number of hydrogen-bond acceptors (Lipinski definition) is 6. The molecule has 1 atom stereocenters. The highest BCUT2D eigenvalue weighted by molar-refractivity contribution is 5.79. The normalized spacial score (nSPS) is 11.8. The second-order valence-electron chi connectivity index (χ2n) is 7.61. The van der Waals surface area contributed by atoms with Gasteiger partial charge in [-0.05, 0) is 29.7 Å². The molecular weight excluding hydrogens is 423 g/mol. The highest BCUT2D eigenvalue weighted by Crippen LogP contribution is 2.35. The van der Waals surface area contributed by atoms with Crippen molar-refractivity contribution in [1.82, 2.24) is 15.0 Å². The number of hydrogen-bond donors (Lipinski definition) is 2. The van der Waals surface area contributed by atoms with Gasteiger partial charge in [0.2, 0.25) is 0 Å². The van der Waals surface area contributed by atoms with E-state index < -0.39 is 11.9 Å². The smallest absolute Gasteiger partial charge is 0.308 e. The number of aliphatic carboxylic acids is 1. The lowest BCUT2D eigenvalue weighted by atomic mass is 10.0. The van der Waals surface area contributed by atoms with E-state index in [-0.39, 0.29) is 18.4 Å². The lowest BCUT2D eigenvalue weighted by Gasteiger charge is -2.10. The number of carboxylic acid groups (broad SMARTS) is 1. The van der Waals surface area contributed by atoms with E-state index in [9.17, 15) is 14.3 Å². The second-order valence-corrected chi connectivity index (χ2v) is 7.61. The van der Waals surface area contributed by atoms with Crippen LogP contribution < -0.4 is 5.32 Å². The van der Waals surface area contributed by atoms with Gasteiger partial charge >= 0.3 is 5.97 Å². The number of nitrogens with zero attached hydrogens (tertiary/aromatic N) is 3. The van der Waals surface area contributed by atoms with Gasteiger partial charge in [0, 0.05) is 24.5 Å². The first-order valence-electron chi connectivity index (χ1n) is 10.6. The first-order valence-corrected chi connectivity index (χ1v) is 10.6. The van der Waals surface area contributed by atoms with Gasteiger partial charge in [0.15, 0.2) is 5.76 Å². The van der Waals surface area contributed by atoms with E-state index in [4.69, 9.17) is 4.42 Å². The Morgan fingerprint density at radius 1 is 1.00 bits per heavy atom. The predicted molar refractivity (Wildman–Crippen MR) is 123 cm³/mol. The van der Waals surface area contributed by atoms with E-state index in [0.717, 1.165) is 23.1 Å².